The summed E-state index contributed by atoms with van der Waals surface area (Å²) in [7, 11) is 1.60. The molecule has 0 saturated heterocycles. The summed E-state index contributed by atoms with van der Waals surface area (Å²) < 4.78 is 4.88. The Morgan fingerprint density at radius 1 is 1.57 bits per heavy atom. The van der Waals surface area contributed by atoms with Crippen LogP contribution in [-0.4, -0.2) is 23.7 Å². The van der Waals surface area contributed by atoms with E-state index in [1.54, 1.807) is 7.11 Å². The maximum atomic E-state index is 11.4. The lowest BCUT2D eigenvalue weighted by Gasteiger charge is -2.04. The zero-order valence-electron chi connectivity index (χ0n) is 8.46. The highest BCUT2D eigenvalue weighted by molar-refractivity contribution is 5.37. The van der Waals surface area contributed by atoms with Crippen LogP contribution >= 0.6 is 0 Å². The Balaban J connectivity index is 2.96. The third-order valence-electron chi connectivity index (χ3n) is 1.99. The second-order valence-corrected chi connectivity index (χ2v) is 2.97. The number of aromatic nitrogens is 2. The SMILES string of the molecule is CCc1c(N)nc(CCOC)[nH]c1=O. The molecule has 1 rings (SSSR count). The van der Waals surface area contributed by atoms with Crippen LogP contribution < -0.4 is 11.3 Å². The van der Waals surface area contributed by atoms with E-state index in [-0.39, 0.29) is 5.56 Å². The molecule has 0 amide bonds. The van der Waals surface area contributed by atoms with Gasteiger partial charge in [0.25, 0.3) is 5.56 Å². The maximum Gasteiger partial charge on any atom is 0.256 e. The van der Waals surface area contributed by atoms with Crippen LogP contribution in [0.4, 0.5) is 5.82 Å². The van der Waals surface area contributed by atoms with Crippen LogP contribution in [-0.2, 0) is 17.6 Å². The van der Waals surface area contributed by atoms with Crippen molar-refractivity contribution in [2.24, 2.45) is 0 Å². The van der Waals surface area contributed by atoms with Gasteiger partial charge in [0.1, 0.15) is 11.6 Å². The first-order valence-corrected chi connectivity index (χ1v) is 4.55. The fraction of sp³-hybridized carbons (Fsp3) is 0.556. The number of nitrogens with one attached hydrogen (secondary N) is 1. The van der Waals surface area contributed by atoms with Crippen molar-refractivity contribution in [3.63, 3.8) is 0 Å². The minimum absolute atomic E-state index is 0.147. The molecule has 1 aromatic heterocycles. The Morgan fingerprint density at radius 2 is 2.29 bits per heavy atom. The first-order chi connectivity index (χ1) is 6.69. The number of aromatic amines is 1. The number of rotatable bonds is 4. The van der Waals surface area contributed by atoms with Gasteiger partial charge in [-0.05, 0) is 6.42 Å². The highest BCUT2D eigenvalue weighted by atomic mass is 16.5. The second-order valence-electron chi connectivity index (χ2n) is 2.97. The average Bonchev–Trinajstić information content (AvgIpc) is 2.14. The van der Waals surface area contributed by atoms with Gasteiger partial charge in [-0.3, -0.25) is 4.79 Å². The van der Waals surface area contributed by atoms with E-state index in [1.807, 2.05) is 6.92 Å². The van der Waals surface area contributed by atoms with Crippen molar-refractivity contribution in [2.75, 3.05) is 19.5 Å². The Bertz CT molecular complexity index is 360. The fourth-order valence-electron chi connectivity index (χ4n) is 1.22. The number of anilines is 1. The molecule has 0 aliphatic carbocycles. The number of hydrogen-bond acceptors (Lipinski definition) is 4. The number of nitrogen functional groups attached to an aromatic ring is 1. The molecule has 0 aliphatic rings. The van der Waals surface area contributed by atoms with E-state index in [2.05, 4.69) is 9.97 Å². The summed E-state index contributed by atoms with van der Waals surface area (Å²) in [5.74, 6) is 0.897. The molecule has 0 radical (unpaired) electrons. The summed E-state index contributed by atoms with van der Waals surface area (Å²) in [4.78, 5) is 18.2. The Labute approximate surface area is 82.3 Å². The smallest absolute Gasteiger partial charge is 0.256 e. The summed E-state index contributed by atoms with van der Waals surface area (Å²) in [6, 6.07) is 0. The zero-order chi connectivity index (χ0) is 10.6. The first kappa shape index (κ1) is 10.7. The highest BCUT2D eigenvalue weighted by Crippen LogP contribution is 2.03. The lowest BCUT2D eigenvalue weighted by atomic mass is 10.2. The van der Waals surface area contributed by atoms with E-state index in [9.17, 15) is 4.79 Å². The van der Waals surface area contributed by atoms with Crippen LogP contribution in [0.1, 0.15) is 18.3 Å². The summed E-state index contributed by atoms with van der Waals surface area (Å²) >= 11 is 0. The van der Waals surface area contributed by atoms with Crippen LogP contribution in [0.3, 0.4) is 0 Å². The molecule has 14 heavy (non-hydrogen) atoms. The van der Waals surface area contributed by atoms with Gasteiger partial charge < -0.3 is 15.5 Å². The van der Waals surface area contributed by atoms with E-state index >= 15 is 0 Å². The molecule has 0 bridgehead atoms. The largest absolute Gasteiger partial charge is 0.384 e. The van der Waals surface area contributed by atoms with Gasteiger partial charge in [-0.15, -0.1) is 0 Å². The Kier molecular flexibility index (Phi) is 3.64. The normalized spacial score (nSPS) is 10.4. The predicted molar refractivity (Wildman–Crippen MR) is 54.2 cm³/mol. The summed E-state index contributed by atoms with van der Waals surface area (Å²) in [6.07, 6.45) is 1.17. The van der Waals surface area contributed by atoms with Gasteiger partial charge in [0.05, 0.1) is 12.2 Å². The molecule has 5 nitrogen and oxygen atoms in total. The molecule has 1 aromatic rings. The van der Waals surface area contributed by atoms with E-state index in [0.717, 1.165) is 0 Å². The lowest BCUT2D eigenvalue weighted by Crippen LogP contribution is -2.19. The molecule has 0 saturated carbocycles. The molecule has 1 heterocycles. The zero-order valence-corrected chi connectivity index (χ0v) is 8.46. The number of ether oxygens (including phenoxy) is 1. The minimum atomic E-state index is -0.147. The highest BCUT2D eigenvalue weighted by Gasteiger charge is 2.06. The van der Waals surface area contributed by atoms with E-state index in [0.29, 0.717) is 36.7 Å². The van der Waals surface area contributed by atoms with Gasteiger partial charge >= 0.3 is 0 Å². The number of nitrogens with zero attached hydrogens (tertiary/aromatic N) is 1. The number of nitrogens with two attached hydrogens (primary N) is 1. The van der Waals surface area contributed by atoms with Crippen LogP contribution in [0.25, 0.3) is 0 Å². The lowest BCUT2D eigenvalue weighted by molar-refractivity contribution is 0.200. The fourth-order valence-corrected chi connectivity index (χ4v) is 1.22. The topological polar surface area (TPSA) is 81.0 Å². The van der Waals surface area contributed by atoms with Crippen LogP contribution in [0, 0.1) is 0 Å². The van der Waals surface area contributed by atoms with Crippen molar-refractivity contribution in [3.8, 4) is 0 Å². The van der Waals surface area contributed by atoms with E-state index in [1.165, 1.54) is 0 Å². The molecule has 5 heteroatoms. The molecule has 0 fully saturated rings. The molecule has 0 aromatic carbocycles. The van der Waals surface area contributed by atoms with Gasteiger partial charge in [-0.1, -0.05) is 6.92 Å². The molecular formula is C9H15N3O2. The third kappa shape index (κ3) is 2.32. The summed E-state index contributed by atoms with van der Waals surface area (Å²) in [5, 5.41) is 0. The molecular weight excluding hydrogens is 182 g/mol. The Morgan fingerprint density at radius 3 is 2.79 bits per heavy atom. The predicted octanol–water partition coefficient (Wildman–Crippen LogP) is 0.103. The van der Waals surface area contributed by atoms with Gasteiger partial charge in [0, 0.05) is 13.5 Å². The summed E-state index contributed by atoms with van der Waals surface area (Å²) in [5.41, 5.74) is 6.03. The van der Waals surface area contributed by atoms with Crippen molar-refractivity contribution < 1.29 is 4.74 Å². The van der Waals surface area contributed by atoms with Crippen LogP contribution in [0.5, 0.6) is 0 Å². The molecule has 78 valence electrons. The van der Waals surface area contributed by atoms with Gasteiger partial charge in [-0.2, -0.15) is 0 Å². The minimum Gasteiger partial charge on any atom is -0.384 e. The number of H-pyrrole nitrogens is 1. The standard InChI is InChI=1S/C9H15N3O2/c1-3-6-8(10)11-7(4-5-14-2)12-9(6)13/h3-5H2,1-2H3,(H3,10,11,12,13). The molecule has 0 aliphatic heterocycles. The second kappa shape index (κ2) is 4.76. The molecule has 0 spiro atoms. The van der Waals surface area contributed by atoms with E-state index in [4.69, 9.17) is 10.5 Å². The van der Waals surface area contributed by atoms with Crippen LogP contribution in [0.15, 0.2) is 4.79 Å². The first-order valence-electron chi connectivity index (χ1n) is 4.55. The van der Waals surface area contributed by atoms with Gasteiger partial charge in [0.2, 0.25) is 0 Å². The average molecular weight is 197 g/mol. The number of hydrogen-bond donors (Lipinski definition) is 2. The molecule has 3 N–H and O–H groups in total. The van der Waals surface area contributed by atoms with Crippen LogP contribution in [0.2, 0.25) is 0 Å². The van der Waals surface area contributed by atoms with E-state index < -0.39 is 0 Å². The maximum absolute atomic E-state index is 11.4. The molecule has 0 unspecified atom stereocenters. The van der Waals surface area contributed by atoms with Crippen molar-refractivity contribution >= 4 is 5.82 Å². The molecule has 0 atom stereocenters. The quantitative estimate of drug-likeness (QED) is 0.717. The third-order valence-corrected chi connectivity index (χ3v) is 1.99. The monoisotopic (exact) mass is 197 g/mol. The Hall–Kier alpha value is -1.36. The van der Waals surface area contributed by atoms with Gasteiger partial charge in [-0.25, -0.2) is 4.98 Å². The van der Waals surface area contributed by atoms with Gasteiger partial charge in [0.15, 0.2) is 0 Å². The van der Waals surface area contributed by atoms with Crippen molar-refractivity contribution in [1.29, 1.82) is 0 Å². The van der Waals surface area contributed by atoms with Crippen molar-refractivity contribution in [1.82, 2.24) is 9.97 Å². The van der Waals surface area contributed by atoms with Crippen molar-refractivity contribution in [3.05, 3.63) is 21.7 Å². The van der Waals surface area contributed by atoms with Crippen molar-refractivity contribution in [2.45, 2.75) is 19.8 Å². The number of methoxy groups -OCH3 is 1. The summed E-state index contributed by atoms with van der Waals surface area (Å²) in [6.45, 7) is 2.39.